The maximum absolute atomic E-state index is 12.5. The minimum atomic E-state index is -0.138. The number of methoxy groups -OCH3 is 1. The zero-order valence-electron chi connectivity index (χ0n) is 15.9. The third kappa shape index (κ3) is 6.42. The van der Waals surface area contributed by atoms with E-state index in [1.54, 1.807) is 30.2 Å². The number of carbonyl (C=O) groups excluding carboxylic acids is 2. The van der Waals surface area contributed by atoms with Gasteiger partial charge in [0.1, 0.15) is 0 Å². The molecule has 144 valence electrons. The summed E-state index contributed by atoms with van der Waals surface area (Å²) in [5, 5.41) is 5.96. The molecule has 2 N–H and O–H groups in total. The van der Waals surface area contributed by atoms with Gasteiger partial charge >= 0.3 is 0 Å². The molecular formula is C21H27N3O3. The number of ether oxygens (including phenoxy) is 1. The van der Waals surface area contributed by atoms with Gasteiger partial charge in [0.25, 0.3) is 5.91 Å². The van der Waals surface area contributed by atoms with Crippen molar-refractivity contribution in [3.63, 3.8) is 0 Å². The van der Waals surface area contributed by atoms with Gasteiger partial charge < -0.3 is 20.3 Å². The molecule has 0 radical (unpaired) electrons. The predicted octanol–water partition coefficient (Wildman–Crippen LogP) is 2.92. The van der Waals surface area contributed by atoms with Crippen molar-refractivity contribution in [3.8, 4) is 0 Å². The van der Waals surface area contributed by atoms with E-state index in [9.17, 15) is 9.59 Å². The molecule has 0 spiro atoms. The number of likely N-dealkylation sites (N-methyl/N-ethyl adjacent to an activating group) is 1. The lowest BCUT2D eigenvalue weighted by Crippen LogP contribution is -2.35. The van der Waals surface area contributed by atoms with Crippen molar-refractivity contribution in [2.75, 3.05) is 43.6 Å². The number of hydrogen-bond donors (Lipinski definition) is 2. The summed E-state index contributed by atoms with van der Waals surface area (Å²) in [6.07, 6.45) is 0.765. The van der Waals surface area contributed by atoms with Gasteiger partial charge in [0, 0.05) is 43.7 Å². The number of rotatable bonds is 10. The van der Waals surface area contributed by atoms with Crippen LogP contribution < -0.4 is 15.5 Å². The second-order valence-electron chi connectivity index (χ2n) is 6.01. The molecule has 6 heteroatoms. The van der Waals surface area contributed by atoms with Crippen molar-refractivity contribution in [2.24, 2.45) is 0 Å². The Hall–Kier alpha value is -2.86. The minimum absolute atomic E-state index is 0.0295. The Morgan fingerprint density at radius 3 is 2.56 bits per heavy atom. The van der Waals surface area contributed by atoms with Crippen molar-refractivity contribution >= 4 is 23.2 Å². The van der Waals surface area contributed by atoms with E-state index in [0.29, 0.717) is 25.3 Å². The van der Waals surface area contributed by atoms with E-state index < -0.39 is 0 Å². The van der Waals surface area contributed by atoms with Gasteiger partial charge in [-0.05, 0) is 43.7 Å². The molecule has 6 nitrogen and oxygen atoms in total. The molecule has 0 atom stereocenters. The Kier molecular flexibility index (Phi) is 8.32. The van der Waals surface area contributed by atoms with Crippen LogP contribution >= 0.6 is 0 Å². The lowest BCUT2D eigenvalue weighted by molar-refractivity contribution is -0.116. The SMILES string of the molecule is CCN(C(=O)CNc1cccc(C(=O)NCCCOC)c1)c1ccccc1. The lowest BCUT2D eigenvalue weighted by Gasteiger charge is -2.21. The predicted molar refractivity (Wildman–Crippen MR) is 108 cm³/mol. The fourth-order valence-electron chi connectivity index (χ4n) is 2.67. The molecule has 0 unspecified atom stereocenters. The second-order valence-corrected chi connectivity index (χ2v) is 6.01. The van der Waals surface area contributed by atoms with Crippen molar-refractivity contribution < 1.29 is 14.3 Å². The molecule has 0 aromatic heterocycles. The average Bonchev–Trinajstić information content (AvgIpc) is 2.71. The maximum Gasteiger partial charge on any atom is 0.251 e. The van der Waals surface area contributed by atoms with Crippen LogP contribution in [-0.2, 0) is 9.53 Å². The van der Waals surface area contributed by atoms with E-state index in [0.717, 1.165) is 17.8 Å². The Labute approximate surface area is 160 Å². The van der Waals surface area contributed by atoms with Gasteiger partial charge in [-0.25, -0.2) is 0 Å². The number of benzene rings is 2. The highest BCUT2D eigenvalue weighted by Gasteiger charge is 2.13. The van der Waals surface area contributed by atoms with Crippen LogP contribution in [0.2, 0.25) is 0 Å². The van der Waals surface area contributed by atoms with Crippen LogP contribution in [0.4, 0.5) is 11.4 Å². The van der Waals surface area contributed by atoms with E-state index >= 15 is 0 Å². The van der Waals surface area contributed by atoms with E-state index in [1.807, 2.05) is 43.3 Å². The lowest BCUT2D eigenvalue weighted by atomic mass is 10.2. The number of para-hydroxylation sites is 1. The third-order valence-corrected chi connectivity index (χ3v) is 4.06. The number of nitrogens with zero attached hydrogens (tertiary/aromatic N) is 1. The topological polar surface area (TPSA) is 70.7 Å². The van der Waals surface area contributed by atoms with Crippen molar-refractivity contribution in [2.45, 2.75) is 13.3 Å². The summed E-state index contributed by atoms with van der Waals surface area (Å²) in [5.74, 6) is -0.168. The smallest absolute Gasteiger partial charge is 0.251 e. The van der Waals surface area contributed by atoms with E-state index in [1.165, 1.54) is 0 Å². The standard InChI is InChI=1S/C21H27N3O3/c1-3-24(19-11-5-4-6-12-19)20(25)16-23-18-10-7-9-17(15-18)21(26)22-13-8-14-27-2/h4-7,9-12,15,23H,3,8,13-14,16H2,1-2H3,(H,22,26). The number of amides is 2. The highest BCUT2D eigenvalue weighted by molar-refractivity contribution is 5.97. The first-order valence-corrected chi connectivity index (χ1v) is 9.12. The summed E-state index contributed by atoms with van der Waals surface area (Å²) in [6.45, 7) is 3.86. The molecular weight excluding hydrogens is 342 g/mol. The summed E-state index contributed by atoms with van der Waals surface area (Å²) >= 11 is 0. The second kappa shape index (κ2) is 11.0. The third-order valence-electron chi connectivity index (χ3n) is 4.06. The molecule has 2 aromatic carbocycles. The molecule has 0 aliphatic rings. The summed E-state index contributed by atoms with van der Waals surface area (Å²) in [7, 11) is 1.63. The van der Waals surface area contributed by atoms with Gasteiger partial charge in [0.05, 0.1) is 6.54 Å². The zero-order valence-corrected chi connectivity index (χ0v) is 15.9. The van der Waals surface area contributed by atoms with Gasteiger partial charge in [-0.3, -0.25) is 9.59 Å². The van der Waals surface area contributed by atoms with Crippen LogP contribution in [0.5, 0.6) is 0 Å². The molecule has 0 aliphatic heterocycles. The molecule has 0 bridgehead atoms. The molecule has 27 heavy (non-hydrogen) atoms. The van der Waals surface area contributed by atoms with Gasteiger partial charge in [0.2, 0.25) is 5.91 Å². The summed E-state index contributed by atoms with van der Waals surface area (Å²) in [6, 6.07) is 16.7. The molecule has 0 saturated heterocycles. The van der Waals surface area contributed by atoms with Crippen LogP contribution in [0, 0.1) is 0 Å². The minimum Gasteiger partial charge on any atom is -0.385 e. The van der Waals surface area contributed by atoms with Gasteiger partial charge in [-0.15, -0.1) is 0 Å². The number of anilines is 2. The first-order chi connectivity index (χ1) is 13.2. The van der Waals surface area contributed by atoms with Crippen LogP contribution in [0.25, 0.3) is 0 Å². The normalized spacial score (nSPS) is 10.3. The van der Waals surface area contributed by atoms with Crippen LogP contribution in [0.1, 0.15) is 23.7 Å². The highest BCUT2D eigenvalue weighted by Crippen LogP contribution is 2.14. The van der Waals surface area contributed by atoms with Crippen LogP contribution in [0.15, 0.2) is 54.6 Å². The van der Waals surface area contributed by atoms with Gasteiger partial charge in [-0.2, -0.15) is 0 Å². The van der Waals surface area contributed by atoms with E-state index in [4.69, 9.17) is 4.74 Å². The Balaban J connectivity index is 1.91. The van der Waals surface area contributed by atoms with Crippen molar-refractivity contribution in [1.82, 2.24) is 5.32 Å². The largest absolute Gasteiger partial charge is 0.385 e. The number of nitrogens with one attached hydrogen (secondary N) is 2. The van der Waals surface area contributed by atoms with Gasteiger partial charge in [-0.1, -0.05) is 24.3 Å². The molecule has 0 aliphatic carbocycles. The number of hydrogen-bond acceptors (Lipinski definition) is 4. The quantitative estimate of drug-likeness (QED) is 0.632. The summed E-state index contributed by atoms with van der Waals surface area (Å²) in [4.78, 5) is 26.4. The first kappa shape index (κ1) is 20.5. The molecule has 2 aromatic rings. The maximum atomic E-state index is 12.5. The zero-order chi connectivity index (χ0) is 19.5. The monoisotopic (exact) mass is 369 g/mol. The first-order valence-electron chi connectivity index (χ1n) is 9.12. The van der Waals surface area contributed by atoms with E-state index in [-0.39, 0.29) is 18.4 Å². The summed E-state index contributed by atoms with van der Waals surface area (Å²) < 4.78 is 4.97. The molecule has 0 saturated carbocycles. The van der Waals surface area contributed by atoms with Crippen molar-refractivity contribution in [1.29, 1.82) is 0 Å². The van der Waals surface area contributed by atoms with E-state index in [2.05, 4.69) is 10.6 Å². The fourth-order valence-corrected chi connectivity index (χ4v) is 2.67. The molecule has 0 heterocycles. The number of carbonyl (C=O) groups is 2. The average molecular weight is 369 g/mol. The molecule has 2 amide bonds. The van der Waals surface area contributed by atoms with Gasteiger partial charge in [0.15, 0.2) is 0 Å². The molecule has 0 fully saturated rings. The molecule has 2 rings (SSSR count). The highest BCUT2D eigenvalue weighted by atomic mass is 16.5. The summed E-state index contributed by atoms with van der Waals surface area (Å²) in [5.41, 5.74) is 2.16. The Morgan fingerprint density at radius 1 is 1.07 bits per heavy atom. The fraction of sp³-hybridized carbons (Fsp3) is 0.333. The van der Waals surface area contributed by atoms with Crippen LogP contribution in [-0.4, -0.2) is 45.2 Å². The Morgan fingerprint density at radius 2 is 1.85 bits per heavy atom. The van der Waals surface area contributed by atoms with Crippen LogP contribution in [0.3, 0.4) is 0 Å². The van der Waals surface area contributed by atoms with Crippen molar-refractivity contribution in [3.05, 3.63) is 60.2 Å². The Bertz CT molecular complexity index is 734.